The molecule has 3 aromatic rings. The molecular formula is C30H28O5. The van der Waals surface area contributed by atoms with Crippen molar-refractivity contribution in [3.8, 4) is 0 Å². The molecule has 0 radical (unpaired) electrons. The Bertz CT molecular complexity index is 1170. The maximum absolute atomic E-state index is 13.5. The summed E-state index contributed by atoms with van der Waals surface area (Å²) in [6.07, 6.45) is 7.85. The zero-order valence-electron chi connectivity index (χ0n) is 19.6. The number of esters is 2. The van der Waals surface area contributed by atoms with Gasteiger partial charge in [-0.25, -0.2) is 9.59 Å². The molecule has 5 heteroatoms. The molecule has 0 bridgehead atoms. The maximum Gasteiger partial charge on any atom is 0.359 e. The molecule has 0 N–H and O–H groups in total. The first-order valence-corrected chi connectivity index (χ1v) is 11.5. The minimum atomic E-state index is -1.95. The molecular weight excluding hydrogens is 440 g/mol. The smallest absolute Gasteiger partial charge is 0.359 e. The van der Waals surface area contributed by atoms with Gasteiger partial charge in [-0.3, -0.25) is 4.79 Å². The summed E-state index contributed by atoms with van der Waals surface area (Å²) in [6.45, 7) is 2.12. The van der Waals surface area contributed by atoms with Crippen molar-refractivity contribution in [1.82, 2.24) is 0 Å². The molecule has 0 aliphatic rings. The van der Waals surface area contributed by atoms with Crippen LogP contribution in [0.4, 0.5) is 0 Å². The van der Waals surface area contributed by atoms with Crippen molar-refractivity contribution in [3.63, 3.8) is 0 Å². The first-order valence-electron chi connectivity index (χ1n) is 11.5. The number of rotatable bonds is 11. The minimum absolute atomic E-state index is 0.104. The van der Waals surface area contributed by atoms with Gasteiger partial charge >= 0.3 is 11.9 Å². The number of carbonyl (C=O) groups is 3. The van der Waals surface area contributed by atoms with Crippen LogP contribution in [0.2, 0.25) is 0 Å². The molecule has 1 atom stereocenters. The lowest BCUT2D eigenvalue weighted by Gasteiger charge is -2.29. The molecule has 0 saturated carbocycles. The van der Waals surface area contributed by atoms with Crippen LogP contribution in [0.5, 0.6) is 0 Å². The van der Waals surface area contributed by atoms with Crippen molar-refractivity contribution < 1.29 is 23.9 Å². The van der Waals surface area contributed by atoms with Crippen LogP contribution in [0.1, 0.15) is 46.0 Å². The number of hydrogen-bond acceptors (Lipinski definition) is 5. The van der Waals surface area contributed by atoms with Crippen LogP contribution in [-0.2, 0) is 19.9 Å². The molecule has 1 unspecified atom stereocenters. The van der Waals surface area contributed by atoms with Gasteiger partial charge in [-0.2, -0.15) is 0 Å². The molecule has 3 rings (SSSR count). The SMILES string of the molecule is CC/C=C\CCOC(=O)C(/C=C/C(=O)c1ccccc1)(OC(=O)c1ccccc1)c1ccccc1. The van der Waals surface area contributed by atoms with E-state index in [2.05, 4.69) is 0 Å². The highest BCUT2D eigenvalue weighted by atomic mass is 16.6. The lowest BCUT2D eigenvalue weighted by atomic mass is 9.91. The summed E-state index contributed by atoms with van der Waals surface area (Å²) in [5.74, 6) is -1.83. The summed E-state index contributed by atoms with van der Waals surface area (Å²) in [7, 11) is 0. The third-order valence-corrected chi connectivity index (χ3v) is 5.22. The number of ether oxygens (including phenoxy) is 2. The van der Waals surface area contributed by atoms with Crippen molar-refractivity contribution in [2.24, 2.45) is 0 Å². The predicted octanol–water partition coefficient (Wildman–Crippen LogP) is 6.08. The third-order valence-electron chi connectivity index (χ3n) is 5.22. The second-order valence-electron chi connectivity index (χ2n) is 7.73. The highest BCUT2D eigenvalue weighted by molar-refractivity contribution is 6.05. The molecule has 0 spiro atoms. The zero-order chi connectivity index (χ0) is 24.9. The number of benzene rings is 3. The van der Waals surface area contributed by atoms with Crippen LogP contribution in [0.3, 0.4) is 0 Å². The largest absolute Gasteiger partial charge is 0.462 e. The van der Waals surface area contributed by atoms with Crippen LogP contribution in [0.15, 0.2) is 115 Å². The van der Waals surface area contributed by atoms with Crippen molar-refractivity contribution in [1.29, 1.82) is 0 Å². The molecule has 0 aliphatic carbocycles. The summed E-state index contributed by atoms with van der Waals surface area (Å²) in [6, 6.07) is 25.6. The molecule has 0 fully saturated rings. The van der Waals surface area contributed by atoms with E-state index in [1.807, 2.05) is 19.1 Å². The second-order valence-corrected chi connectivity index (χ2v) is 7.73. The Morgan fingerprint density at radius 3 is 1.94 bits per heavy atom. The van der Waals surface area contributed by atoms with Gasteiger partial charge in [0.25, 0.3) is 5.60 Å². The van der Waals surface area contributed by atoms with Crippen molar-refractivity contribution >= 4 is 17.7 Å². The normalized spacial score (nSPS) is 12.8. The second kappa shape index (κ2) is 12.8. The van der Waals surface area contributed by atoms with Gasteiger partial charge in [0.05, 0.1) is 12.2 Å². The van der Waals surface area contributed by atoms with Gasteiger partial charge in [-0.1, -0.05) is 97.9 Å². The molecule has 178 valence electrons. The molecule has 0 amide bonds. The number of hydrogen-bond donors (Lipinski definition) is 0. The number of ketones is 1. The van der Waals surface area contributed by atoms with Crippen LogP contribution >= 0.6 is 0 Å². The lowest BCUT2D eigenvalue weighted by molar-refractivity contribution is -0.162. The fourth-order valence-electron chi connectivity index (χ4n) is 3.38. The van der Waals surface area contributed by atoms with Crippen LogP contribution in [-0.4, -0.2) is 24.3 Å². The monoisotopic (exact) mass is 468 g/mol. The zero-order valence-corrected chi connectivity index (χ0v) is 19.6. The highest BCUT2D eigenvalue weighted by Crippen LogP contribution is 2.31. The van der Waals surface area contributed by atoms with E-state index >= 15 is 0 Å². The summed E-state index contributed by atoms with van der Waals surface area (Å²) in [5.41, 5.74) is -0.865. The topological polar surface area (TPSA) is 69.7 Å². The fraction of sp³-hybridized carbons (Fsp3) is 0.167. The van der Waals surface area contributed by atoms with E-state index in [0.29, 0.717) is 17.5 Å². The summed E-state index contributed by atoms with van der Waals surface area (Å²) in [4.78, 5) is 39.5. The van der Waals surface area contributed by atoms with Gasteiger partial charge in [0.1, 0.15) is 0 Å². The van der Waals surface area contributed by atoms with E-state index < -0.39 is 17.5 Å². The average molecular weight is 469 g/mol. The van der Waals surface area contributed by atoms with Crippen molar-refractivity contribution in [3.05, 3.63) is 132 Å². The summed E-state index contributed by atoms with van der Waals surface area (Å²) >= 11 is 0. The first-order chi connectivity index (χ1) is 17.1. The quantitative estimate of drug-likeness (QED) is 0.112. The molecule has 5 nitrogen and oxygen atoms in total. The van der Waals surface area contributed by atoms with E-state index in [0.717, 1.165) is 6.42 Å². The predicted molar refractivity (Wildman–Crippen MR) is 135 cm³/mol. The highest BCUT2D eigenvalue weighted by Gasteiger charge is 2.44. The van der Waals surface area contributed by atoms with Gasteiger partial charge in [0.15, 0.2) is 5.78 Å². The Hall–Kier alpha value is -4.25. The molecule has 0 saturated heterocycles. The molecule has 0 aliphatic heterocycles. The van der Waals surface area contributed by atoms with Gasteiger partial charge in [0, 0.05) is 11.1 Å². The van der Waals surface area contributed by atoms with Crippen molar-refractivity contribution in [2.75, 3.05) is 6.61 Å². The molecule has 0 aromatic heterocycles. The van der Waals surface area contributed by atoms with Crippen LogP contribution in [0, 0.1) is 0 Å². The third kappa shape index (κ3) is 6.87. The van der Waals surface area contributed by atoms with Gasteiger partial charge in [-0.15, -0.1) is 0 Å². The first kappa shape index (κ1) is 25.4. The van der Waals surface area contributed by atoms with E-state index in [9.17, 15) is 14.4 Å². The Morgan fingerprint density at radius 1 is 0.771 bits per heavy atom. The van der Waals surface area contributed by atoms with Gasteiger partial charge in [0.2, 0.25) is 0 Å². The Labute approximate surface area is 205 Å². The molecule has 0 heterocycles. The standard InChI is InChI=1S/C30H28O5/c1-2-3-4-14-23-34-29(33)30(26-19-12-7-13-20-26,35-28(32)25-17-10-6-11-18-25)22-21-27(31)24-15-8-5-9-16-24/h3-13,15-22H,2,14,23H2,1H3/b4-3-,22-21+. The Kier molecular flexibility index (Phi) is 9.31. The summed E-state index contributed by atoms with van der Waals surface area (Å²) < 4.78 is 11.4. The van der Waals surface area contributed by atoms with E-state index in [4.69, 9.17) is 9.47 Å². The van der Waals surface area contributed by atoms with Crippen LogP contribution in [0.25, 0.3) is 0 Å². The fourth-order valence-corrected chi connectivity index (χ4v) is 3.38. The molecule has 3 aromatic carbocycles. The Morgan fingerprint density at radius 2 is 1.34 bits per heavy atom. The molecule has 35 heavy (non-hydrogen) atoms. The minimum Gasteiger partial charge on any atom is -0.462 e. The Balaban J connectivity index is 2.02. The van der Waals surface area contributed by atoms with E-state index in [-0.39, 0.29) is 18.0 Å². The van der Waals surface area contributed by atoms with Gasteiger partial charge in [-0.05, 0) is 37.1 Å². The number of allylic oxidation sites excluding steroid dienone is 2. The average Bonchev–Trinajstić information content (AvgIpc) is 2.92. The maximum atomic E-state index is 13.5. The van der Waals surface area contributed by atoms with E-state index in [1.54, 1.807) is 91.0 Å². The van der Waals surface area contributed by atoms with E-state index in [1.165, 1.54) is 12.2 Å². The van der Waals surface area contributed by atoms with Crippen LogP contribution < -0.4 is 0 Å². The summed E-state index contributed by atoms with van der Waals surface area (Å²) in [5, 5.41) is 0. The number of carbonyl (C=O) groups excluding carboxylic acids is 3. The van der Waals surface area contributed by atoms with Gasteiger partial charge < -0.3 is 9.47 Å². The van der Waals surface area contributed by atoms with Crippen molar-refractivity contribution in [2.45, 2.75) is 25.4 Å². The lowest BCUT2D eigenvalue weighted by Crippen LogP contribution is -2.41.